The Kier molecular flexibility index (Phi) is 5.81. The first-order valence-electron chi connectivity index (χ1n) is 16.1. The van der Waals surface area contributed by atoms with Crippen molar-refractivity contribution in [1.29, 1.82) is 0 Å². The van der Waals surface area contributed by atoms with Gasteiger partial charge in [-0.05, 0) is 23.1 Å². The molecule has 0 bridgehead atoms. The minimum absolute atomic E-state index is 0.579. The second-order valence-electron chi connectivity index (χ2n) is 12.1. The van der Waals surface area contributed by atoms with Gasteiger partial charge < -0.3 is 4.40 Å². The van der Waals surface area contributed by atoms with Crippen LogP contribution in [0.4, 0.5) is 0 Å². The monoisotopic (exact) mass is 613 g/mol. The van der Waals surface area contributed by atoms with Crippen LogP contribution < -0.4 is 0 Å². The second-order valence-corrected chi connectivity index (χ2v) is 12.1. The zero-order valence-electron chi connectivity index (χ0n) is 25.8. The van der Waals surface area contributed by atoms with Gasteiger partial charge in [-0.3, -0.25) is 4.57 Å². The van der Waals surface area contributed by atoms with Gasteiger partial charge >= 0.3 is 0 Å². The van der Waals surface area contributed by atoms with Gasteiger partial charge in [-0.25, -0.2) is 4.98 Å². The molecule has 0 saturated carbocycles. The van der Waals surface area contributed by atoms with Crippen LogP contribution in [-0.2, 0) is 0 Å². The average Bonchev–Trinajstić information content (AvgIpc) is 3.69. The first kappa shape index (κ1) is 26.6. The molecule has 224 valence electrons. The summed E-state index contributed by atoms with van der Waals surface area (Å²) in [5, 5.41) is 4.78. The summed E-state index contributed by atoms with van der Waals surface area (Å²) in [6.07, 6.45) is 0. The molecule has 0 fully saturated rings. The van der Waals surface area contributed by atoms with Crippen molar-refractivity contribution < 1.29 is 0 Å². The summed E-state index contributed by atoms with van der Waals surface area (Å²) in [4.78, 5) is 15.5. The van der Waals surface area contributed by atoms with Crippen molar-refractivity contribution >= 4 is 49.1 Å². The number of aromatic nitrogens is 5. The van der Waals surface area contributed by atoms with E-state index in [0.29, 0.717) is 17.6 Å². The molecule has 0 amide bonds. The fourth-order valence-electron chi connectivity index (χ4n) is 7.32. The fourth-order valence-corrected chi connectivity index (χ4v) is 7.32. The van der Waals surface area contributed by atoms with E-state index in [-0.39, 0.29) is 0 Å². The highest BCUT2D eigenvalue weighted by Gasteiger charge is 2.27. The van der Waals surface area contributed by atoms with E-state index in [1.165, 1.54) is 21.7 Å². The topological polar surface area (TPSA) is 48.0 Å². The summed E-state index contributed by atoms with van der Waals surface area (Å²) < 4.78 is 4.72. The quantitative estimate of drug-likeness (QED) is 0.186. The Morgan fingerprint density at radius 1 is 0.333 bits per heavy atom. The SMILES string of the molecule is c1ccc(-c2nc(-c3ccccc3)nc(-n3c4ccccc4c4c3c(-c3ccccc3)c3c5ccccc5c5ccccc5n34)n2)cc1. The van der Waals surface area contributed by atoms with Gasteiger partial charge in [0.2, 0.25) is 5.95 Å². The molecule has 0 spiro atoms. The summed E-state index contributed by atoms with van der Waals surface area (Å²) in [6, 6.07) is 57.1. The van der Waals surface area contributed by atoms with E-state index in [9.17, 15) is 0 Å². The van der Waals surface area contributed by atoms with Gasteiger partial charge in [0.05, 0.1) is 27.6 Å². The van der Waals surface area contributed by atoms with Crippen LogP contribution in [0.3, 0.4) is 0 Å². The van der Waals surface area contributed by atoms with Crippen LogP contribution in [0.5, 0.6) is 0 Å². The molecule has 5 nitrogen and oxygen atoms in total. The molecule has 4 heterocycles. The number of pyridine rings is 1. The predicted octanol–water partition coefficient (Wildman–Crippen LogP) is 10.5. The number of hydrogen-bond acceptors (Lipinski definition) is 3. The zero-order chi connectivity index (χ0) is 31.6. The fraction of sp³-hybridized carbons (Fsp3) is 0. The van der Waals surface area contributed by atoms with Crippen LogP contribution >= 0.6 is 0 Å². The highest BCUT2D eigenvalue weighted by Crippen LogP contribution is 2.46. The zero-order valence-corrected chi connectivity index (χ0v) is 25.8. The minimum atomic E-state index is 0.579. The van der Waals surface area contributed by atoms with Crippen LogP contribution in [-0.4, -0.2) is 23.9 Å². The number of hydrogen-bond donors (Lipinski definition) is 0. The lowest BCUT2D eigenvalue weighted by atomic mass is 10.00. The molecule has 0 aliphatic carbocycles. The lowest BCUT2D eigenvalue weighted by Crippen LogP contribution is -2.06. The van der Waals surface area contributed by atoms with Crippen molar-refractivity contribution in [2.45, 2.75) is 0 Å². The van der Waals surface area contributed by atoms with Crippen LogP contribution in [0.25, 0.3) is 89.0 Å². The van der Waals surface area contributed by atoms with Gasteiger partial charge in [-0.1, -0.05) is 152 Å². The van der Waals surface area contributed by atoms with E-state index in [1.54, 1.807) is 0 Å². The van der Waals surface area contributed by atoms with Crippen molar-refractivity contribution in [2.24, 2.45) is 0 Å². The van der Waals surface area contributed by atoms with Gasteiger partial charge in [-0.2, -0.15) is 9.97 Å². The maximum absolute atomic E-state index is 5.23. The number of rotatable bonds is 4. The highest BCUT2D eigenvalue weighted by atomic mass is 15.2. The Labute approximate surface area is 276 Å². The summed E-state index contributed by atoms with van der Waals surface area (Å²) in [5.74, 6) is 1.84. The van der Waals surface area contributed by atoms with E-state index >= 15 is 0 Å². The molecule has 10 rings (SSSR count). The van der Waals surface area contributed by atoms with E-state index in [4.69, 9.17) is 15.0 Å². The summed E-state index contributed by atoms with van der Waals surface area (Å²) in [6.45, 7) is 0. The van der Waals surface area contributed by atoms with Gasteiger partial charge in [0, 0.05) is 32.8 Å². The molecule has 48 heavy (non-hydrogen) atoms. The Morgan fingerprint density at radius 3 is 1.44 bits per heavy atom. The summed E-state index contributed by atoms with van der Waals surface area (Å²) >= 11 is 0. The van der Waals surface area contributed by atoms with Gasteiger partial charge in [0.15, 0.2) is 11.6 Å². The second kappa shape index (κ2) is 10.5. The van der Waals surface area contributed by atoms with E-state index in [2.05, 4.69) is 136 Å². The largest absolute Gasteiger partial charge is 0.306 e. The standard InChI is InChI=1S/C43H27N5/c1-4-16-28(17-5-1)37-38-33-24-11-10-22-31(33)32-23-12-14-26-35(32)47(38)39-34-25-13-15-27-36(34)48(40(37)39)43-45-41(29-18-6-2-7-19-29)44-42(46-43)30-20-8-3-9-21-30/h1-27H. The maximum Gasteiger partial charge on any atom is 0.238 e. The number of nitrogens with zero attached hydrogens (tertiary/aromatic N) is 5. The summed E-state index contributed by atoms with van der Waals surface area (Å²) in [5.41, 5.74) is 9.71. The first-order valence-corrected chi connectivity index (χ1v) is 16.1. The normalized spacial score (nSPS) is 11.8. The Balaban J connectivity index is 1.45. The van der Waals surface area contributed by atoms with Crippen molar-refractivity contribution in [1.82, 2.24) is 23.9 Å². The molecule has 4 aromatic heterocycles. The van der Waals surface area contributed by atoms with Crippen LogP contribution in [0.15, 0.2) is 164 Å². The van der Waals surface area contributed by atoms with Crippen molar-refractivity contribution in [3.63, 3.8) is 0 Å². The minimum Gasteiger partial charge on any atom is -0.306 e. The molecule has 0 radical (unpaired) electrons. The average molecular weight is 614 g/mol. The molecule has 0 unspecified atom stereocenters. The third-order valence-corrected chi connectivity index (χ3v) is 9.34. The van der Waals surface area contributed by atoms with Gasteiger partial charge in [0.25, 0.3) is 0 Å². The smallest absolute Gasteiger partial charge is 0.238 e. The van der Waals surface area contributed by atoms with Gasteiger partial charge in [0.1, 0.15) is 0 Å². The van der Waals surface area contributed by atoms with Crippen LogP contribution in [0.2, 0.25) is 0 Å². The Bertz CT molecular complexity index is 2760. The molecule has 10 aromatic rings. The number of para-hydroxylation sites is 2. The van der Waals surface area contributed by atoms with Crippen molar-refractivity contribution in [3.05, 3.63) is 164 Å². The molecular formula is C43H27N5. The van der Waals surface area contributed by atoms with Gasteiger partial charge in [-0.15, -0.1) is 0 Å². The van der Waals surface area contributed by atoms with E-state index in [1.807, 2.05) is 36.4 Å². The first-order chi connectivity index (χ1) is 23.8. The number of fused-ring (bicyclic) bond motifs is 10. The third kappa shape index (κ3) is 3.88. The molecule has 0 atom stereocenters. The molecule has 0 aliphatic rings. The number of benzene rings is 6. The van der Waals surface area contributed by atoms with Crippen molar-refractivity contribution in [2.75, 3.05) is 0 Å². The van der Waals surface area contributed by atoms with Crippen LogP contribution in [0.1, 0.15) is 0 Å². The Morgan fingerprint density at radius 2 is 0.812 bits per heavy atom. The lowest BCUT2D eigenvalue weighted by Gasteiger charge is -2.13. The predicted molar refractivity (Wildman–Crippen MR) is 196 cm³/mol. The Hall–Kier alpha value is -6.59. The molecule has 0 aliphatic heterocycles. The molecule has 0 N–H and O–H groups in total. The third-order valence-electron chi connectivity index (χ3n) is 9.34. The molecule has 5 heteroatoms. The van der Waals surface area contributed by atoms with E-state index in [0.717, 1.165) is 49.7 Å². The van der Waals surface area contributed by atoms with E-state index < -0.39 is 0 Å². The highest BCUT2D eigenvalue weighted by molar-refractivity contribution is 6.25. The summed E-state index contributed by atoms with van der Waals surface area (Å²) in [7, 11) is 0. The lowest BCUT2D eigenvalue weighted by molar-refractivity contribution is 0.954. The molecular weight excluding hydrogens is 587 g/mol. The maximum atomic E-state index is 5.23. The van der Waals surface area contributed by atoms with Crippen LogP contribution in [0, 0.1) is 0 Å². The molecule has 0 saturated heterocycles. The van der Waals surface area contributed by atoms with Crippen molar-refractivity contribution in [3.8, 4) is 39.9 Å². The molecule has 6 aromatic carbocycles.